The zero-order valence-electron chi connectivity index (χ0n) is 43.4. The van der Waals surface area contributed by atoms with Crippen LogP contribution < -0.4 is 9.80 Å². The van der Waals surface area contributed by atoms with E-state index in [-0.39, 0.29) is 10.8 Å². The van der Waals surface area contributed by atoms with E-state index >= 15 is 0 Å². The number of fused-ring (bicyclic) bond motifs is 12. The van der Waals surface area contributed by atoms with Gasteiger partial charge in [0.05, 0.1) is 27.2 Å². The van der Waals surface area contributed by atoms with Crippen LogP contribution in [0.2, 0.25) is 5.02 Å². The van der Waals surface area contributed by atoms with E-state index in [2.05, 4.69) is 280 Å². The van der Waals surface area contributed by atoms with Gasteiger partial charge in [-0.25, -0.2) is 0 Å². The molecule has 0 saturated carbocycles. The van der Waals surface area contributed by atoms with Crippen LogP contribution in [0.25, 0.3) is 55.3 Å². The van der Waals surface area contributed by atoms with Crippen molar-refractivity contribution >= 4 is 67.7 Å². The minimum absolute atomic E-state index is 0.191. The van der Waals surface area contributed by atoms with Crippen LogP contribution in [0.5, 0.6) is 0 Å². The van der Waals surface area contributed by atoms with Crippen LogP contribution in [-0.4, -0.2) is 0 Å². The summed E-state index contributed by atoms with van der Waals surface area (Å²) in [6.45, 7) is 9.48. The number of furan rings is 1. The van der Waals surface area contributed by atoms with Crippen LogP contribution >= 0.6 is 11.6 Å². The van der Waals surface area contributed by atoms with Crippen molar-refractivity contribution in [1.82, 2.24) is 0 Å². The number of rotatable bonds is 8. The molecule has 0 aliphatic heterocycles. The van der Waals surface area contributed by atoms with Gasteiger partial charge in [0.15, 0.2) is 5.58 Å². The zero-order valence-corrected chi connectivity index (χ0v) is 44.1. The molecule has 12 aromatic rings. The van der Waals surface area contributed by atoms with Crippen molar-refractivity contribution < 1.29 is 4.42 Å². The molecule has 0 radical (unpaired) electrons. The highest BCUT2D eigenvalue weighted by molar-refractivity contribution is 6.37. The first kappa shape index (κ1) is 45.5. The molecule has 368 valence electrons. The van der Waals surface area contributed by atoms with E-state index in [4.69, 9.17) is 16.0 Å². The van der Waals surface area contributed by atoms with Crippen LogP contribution in [0, 0.1) is 0 Å². The Kier molecular flexibility index (Phi) is 9.93. The molecular formula is C73H53ClN2O. The molecule has 3 aliphatic rings. The molecule has 3 nitrogen and oxygen atoms in total. The summed E-state index contributed by atoms with van der Waals surface area (Å²) in [7, 11) is 0. The lowest BCUT2D eigenvalue weighted by Crippen LogP contribution is -2.28. The summed E-state index contributed by atoms with van der Waals surface area (Å²) in [5.74, 6) is 0. The quantitative estimate of drug-likeness (QED) is 0.151. The maximum atomic E-state index is 7.31. The fraction of sp³-hybridized carbons (Fsp3) is 0.0959. The molecule has 0 amide bonds. The normalized spacial score (nSPS) is 14.6. The van der Waals surface area contributed by atoms with E-state index in [1.54, 1.807) is 0 Å². The predicted octanol–water partition coefficient (Wildman–Crippen LogP) is 20.2. The summed E-state index contributed by atoms with van der Waals surface area (Å²) < 4.78 is 6.93. The highest BCUT2D eigenvalue weighted by Gasteiger charge is 2.46. The van der Waals surface area contributed by atoms with Crippen molar-refractivity contribution in [3.05, 3.63) is 298 Å². The Bertz CT molecular complexity index is 4320. The fourth-order valence-corrected chi connectivity index (χ4v) is 14.2. The van der Waals surface area contributed by atoms with Gasteiger partial charge in [0, 0.05) is 39.0 Å². The number of para-hydroxylation sites is 1. The molecule has 15 rings (SSSR count). The highest BCUT2D eigenvalue weighted by atomic mass is 35.5. The Morgan fingerprint density at radius 2 is 0.857 bits per heavy atom. The molecule has 0 fully saturated rings. The maximum Gasteiger partial charge on any atom is 0.156 e. The summed E-state index contributed by atoms with van der Waals surface area (Å²) in [6, 6.07) is 91.3. The smallest absolute Gasteiger partial charge is 0.156 e. The third kappa shape index (κ3) is 6.44. The SMILES string of the molecule is CC1(C)c2ccccc2-c2ccc(N(c3ccc4oc5c(Cl)ccc(N(c6ccccc6)c6ccc7c(c6)-c6ccccc6C7(c6ccccc6)c6ccccc6)c5c4c3)c3cccc4c3C(C)(C)c3ccccc3-4)cc21. The minimum atomic E-state index is -0.517. The van der Waals surface area contributed by atoms with Crippen molar-refractivity contribution in [3.8, 4) is 33.4 Å². The van der Waals surface area contributed by atoms with Crippen LogP contribution in [0.15, 0.2) is 253 Å². The Hall–Kier alpha value is -8.89. The van der Waals surface area contributed by atoms with Crippen LogP contribution in [-0.2, 0) is 16.2 Å². The number of nitrogens with zero attached hydrogens (tertiary/aromatic N) is 2. The van der Waals surface area contributed by atoms with Gasteiger partial charge in [0.1, 0.15) is 5.58 Å². The van der Waals surface area contributed by atoms with E-state index in [9.17, 15) is 0 Å². The minimum Gasteiger partial charge on any atom is -0.454 e. The maximum absolute atomic E-state index is 7.31. The van der Waals surface area contributed by atoms with Gasteiger partial charge in [0.2, 0.25) is 0 Å². The van der Waals surface area contributed by atoms with Crippen LogP contribution in [0.4, 0.5) is 34.1 Å². The molecule has 0 bridgehead atoms. The number of benzene rings is 11. The van der Waals surface area contributed by atoms with Gasteiger partial charge < -0.3 is 14.2 Å². The Balaban J connectivity index is 0.961. The molecule has 77 heavy (non-hydrogen) atoms. The Morgan fingerprint density at radius 3 is 1.56 bits per heavy atom. The van der Waals surface area contributed by atoms with Crippen molar-refractivity contribution in [2.24, 2.45) is 0 Å². The molecule has 1 heterocycles. The summed E-state index contributed by atoms with van der Waals surface area (Å²) in [4.78, 5) is 4.88. The van der Waals surface area contributed by atoms with E-state index in [1.165, 1.54) is 77.9 Å². The second-order valence-corrected chi connectivity index (χ2v) is 22.5. The number of hydrogen-bond acceptors (Lipinski definition) is 3. The largest absolute Gasteiger partial charge is 0.454 e. The van der Waals surface area contributed by atoms with Crippen molar-refractivity contribution in [2.45, 2.75) is 43.9 Å². The first-order valence-corrected chi connectivity index (χ1v) is 27.1. The van der Waals surface area contributed by atoms with Crippen LogP contribution in [0.1, 0.15) is 72.2 Å². The van der Waals surface area contributed by atoms with Gasteiger partial charge in [-0.2, -0.15) is 0 Å². The van der Waals surface area contributed by atoms with Crippen molar-refractivity contribution in [1.29, 1.82) is 0 Å². The van der Waals surface area contributed by atoms with Gasteiger partial charge in [-0.1, -0.05) is 215 Å². The predicted molar refractivity (Wildman–Crippen MR) is 321 cm³/mol. The highest BCUT2D eigenvalue weighted by Crippen LogP contribution is 2.59. The van der Waals surface area contributed by atoms with Crippen molar-refractivity contribution in [3.63, 3.8) is 0 Å². The van der Waals surface area contributed by atoms with Gasteiger partial charge in [-0.3, -0.25) is 0 Å². The molecule has 0 N–H and O–H groups in total. The van der Waals surface area contributed by atoms with Gasteiger partial charge >= 0.3 is 0 Å². The third-order valence-corrected chi connectivity index (χ3v) is 17.7. The van der Waals surface area contributed by atoms with E-state index in [0.29, 0.717) is 10.6 Å². The summed E-state index contributed by atoms with van der Waals surface area (Å²) in [6.07, 6.45) is 0. The van der Waals surface area contributed by atoms with Crippen molar-refractivity contribution in [2.75, 3.05) is 9.80 Å². The molecule has 4 heteroatoms. The fourth-order valence-electron chi connectivity index (χ4n) is 14.0. The number of anilines is 6. The summed E-state index contributed by atoms with van der Waals surface area (Å²) in [5.41, 5.74) is 24.6. The second-order valence-electron chi connectivity index (χ2n) is 22.1. The topological polar surface area (TPSA) is 19.6 Å². The lowest BCUT2D eigenvalue weighted by atomic mass is 9.68. The molecule has 3 aliphatic carbocycles. The van der Waals surface area contributed by atoms with E-state index in [1.807, 2.05) is 6.07 Å². The average Bonchev–Trinajstić information content (AvgIpc) is 4.37. The third-order valence-electron chi connectivity index (χ3n) is 17.4. The lowest BCUT2D eigenvalue weighted by molar-refractivity contribution is 0.658. The molecular weight excluding hydrogens is 956 g/mol. The second kappa shape index (κ2) is 16.8. The molecule has 0 unspecified atom stereocenters. The summed E-state index contributed by atoms with van der Waals surface area (Å²) in [5, 5.41) is 2.48. The zero-order chi connectivity index (χ0) is 51.8. The van der Waals surface area contributed by atoms with Gasteiger partial charge in [-0.05, 0) is 151 Å². The van der Waals surface area contributed by atoms with E-state index in [0.717, 1.165) is 50.5 Å². The molecule has 0 atom stereocenters. The average molecular weight is 1010 g/mol. The molecule has 0 saturated heterocycles. The Morgan fingerprint density at radius 1 is 0.351 bits per heavy atom. The standard InChI is InChI=1S/C73H53ClN2O/c1-71(2)59-31-17-14-27-52(59)55-38-35-51(45-63(55)71)76(66-34-20-30-56-53-28-15-18-32-60(53)72(3,4)69(56)66)50-37-42-67-58(44-50)68-65(41-40-64(74)70(68)77-67)75(48-25-12-7-13-26-48)49-36-39-62-57(43-49)54-29-16-19-33-61(54)73(62,46-21-8-5-9-22-46)47-23-10-6-11-24-47/h5-45H,1-4H3. The first-order valence-electron chi connectivity index (χ1n) is 26.8. The number of hydrogen-bond donors (Lipinski definition) is 0. The lowest BCUT2D eigenvalue weighted by Gasteiger charge is -2.34. The van der Waals surface area contributed by atoms with Crippen LogP contribution in [0.3, 0.4) is 0 Å². The van der Waals surface area contributed by atoms with Gasteiger partial charge in [-0.15, -0.1) is 0 Å². The number of halogens is 1. The monoisotopic (exact) mass is 1010 g/mol. The molecule has 1 aromatic heterocycles. The van der Waals surface area contributed by atoms with E-state index < -0.39 is 5.41 Å². The van der Waals surface area contributed by atoms with Gasteiger partial charge in [0.25, 0.3) is 0 Å². The Labute approximate surface area is 454 Å². The summed E-state index contributed by atoms with van der Waals surface area (Å²) >= 11 is 7.31. The molecule has 0 spiro atoms. The molecule has 11 aromatic carbocycles. The first-order chi connectivity index (χ1) is 37.6.